The number of aromatic nitrogens is 3. The average Bonchev–Trinajstić information content (AvgIpc) is 3.10. The molecule has 150 valence electrons. The summed E-state index contributed by atoms with van der Waals surface area (Å²) >= 11 is 0. The summed E-state index contributed by atoms with van der Waals surface area (Å²) in [5.41, 5.74) is -1.12. The summed E-state index contributed by atoms with van der Waals surface area (Å²) < 4.78 is 28.0. The zero-order valence-corrected chi connectivity index (χ0v) is 17.4. The fraction of sp³-hybridized carbons (Fsp3) is 0.789. The highest BCUT2D eigenvalue weighted by Gasteiger charge is 2.53. The van der Waals surface area contributed by atoms with Gasteiger partial charge in [-0.3, -0.25) is 0 Å². The van der Waals surface area contributed by atoms with Crippen LogP contribution in [0.25, 0.3) is 6.08 Å². The first-order valence-corrected chi connectivity index (χ1v) is 9.94. The van der Waals surface area contributed by atoms with E-state index in [9.17, 15) is 4.39 Å². The zero-order chi connectivity index (χ0) is 19.8. The lowest BCUT2D eigenvalue weighted by atomic mass is 9.87. The van der Waals surface area contributed by atoms with Gasteiger partial charge >= 0.3 is 7.12 Å². The maximum absolute atomic E-state index is 14.6. The summed E-state index contributed by atoms with van der Waals surface area (Å²) in [7, 11) is -1.00. The van der Waals surface area contributed by atoms with Gasteiger partial charge in [0.2, 0.25) is 0 Å². The fourth-order valence-electron chi connectivity index (χ4n) is 3.58. The van der Waals surface area contributed by atoms with Gasteiger partial charge in [0.25, 0.3) is 0 Å². The third-order valence-corrected chi connectivity index (χ3v) is 5.85. The Kier molecular flexibility index (Phi) is 5.80. The van der Waals surface area contributed by atoms with Gasteiger partial charge < -0.3 is 14.2 Å². The molecule has 0 amide bonds. The van der Waals surface area contributed by atoms with E-state index < -0.39 is 24.0 Å². The van der Waals surface area contributed by atoms with Crippen LogP contribution in [-0.2, 0) is 9.31 Å². The lowest BCUT2D eigenvalue weighted by Crippen LogP contribution is -2.41. The molecule has 0 unspecified atom stereocenters. The van der Waals surface area contributed by atoms with E-state index in [0.29, 0.717) is 17.7 Å². The van der Waals surface area contributed by atoms with Crippen molar-refractivity contribution >= 4 is 13.2 Å². The van der Waals surface area contributed by atoms with E-state index >= 15 is 0 Å². The lowest BCUT2D eigenvalue weighted by Gasteiger charge is -2.32. The number of hydrogen-bond donors (Lipinski definition) is 0. The molecule has 0 bridgehead atoms. The normalized spacial score (nSPS) is 24.1. The van der Waals surface area contributed by atoms with Crippen molar-refractivity contribution in [1.29, 1.82) is 0 Å². The monoisotopic (exact) mass is 378 g/mol. The molecule has 1 aromatic heterocycles. The number of likely N-dealkylation sites (tertiary alicyclic amines) is 1. The molecule has 2 saturated heterocycles. The molecular formula is C19H32BFN4O2. The van der Waals surface area contributed by atoms with Crippen LogP contribution in [0.4, 0.5) is 4.39 Å². The Morgan fingerprint density at radius 1 is 1.26 bits per heavy atom. The smallest absolute Gasteiger partial charge is 0.398 e. The van der Waals surface area contributed by atoms with Gasteiger partial charge in [-0.25, -0.2) is 9.07 Å². The van der Waals surface area contributed by atoms with Crippen LogP contribution in [0.3, 0.4) is 0 Å². The lowest BCUT2D eigenvalue weighted by molar-refractivity contribution is 0.00578. The standard InChI is InChI=1S/C19H32BFN4O2/c1-14(2)12-24-9-7-16(8-10-24)25-13-15(22-23-25)11-17(21)20-26-18(3,4)19(5,6)27-20/h11,13-14,16H,7-10,12H2,1-6H3. The molecule has 8 heteroatoms. The van der Waals surface area contributed by atoms with Crippen molar-refractivity contribution in [3.63, 3.8) is 0 Å². The summed E-state index contributed by atoms with van der Waals surface area (Å²) in [6, 6.07) is 0.322. The van der Waals surface area contributed by atoms with Crippen molar-refractivity contribution in [2.75, 3.05) is 19.6 Å². The quantitative estimate of drug-likeness (QED) is 0.734. The van der Waals surface area contributed by atoms with E-state index in [1.54, 1.807) is 0 Å². The molecule has 2 aliphatic rings. The highest BCUT2D eigenvalue weighted by Crippen LogP contribution is 2.39. The van der Waals surface area contributed by atoms with Crippen molar-refractivity contribution in [3.8, 4) is 0 Å². The molecule has 0 atom stereocenters. The average molecular weight is 378 g/mol. The van der Waals surface area contributed by atoms with Crippen LogP contribution < -0.4 is 0 Å². The van der Waals surface area contributed by atoms with Crippen molar-refractivity contribution in [1.82, 2.24) is 19.9 Å². The second-order valence-electron chi connectivity index (χ2n) is 9.17. The molecule has 0 aromatic carbocycles. The fourth-order valence-corrected chi connectivity index (χ4v) is 3.58. The number of hydrogen-bond acceptors (Lipinski definition) is 5. The van der Waals surface area contributed by atoms with Gasteiger partial charge in [0.15, 0.2) is 0 Å². The first-order valence-electron chi connectivity index (χ1n) is 9.94. The van der Waals surface area contributed by atoms with E-state index in [1.165, 1.54) is 6.08 Å². The van der Waals surface area contributed by atoms with E-state index in [4.69, 9.17) is 9.31 Å². The van der Waals surface area contributed by atoms with Gasteiger partial charge in [-0.2, -0.15) is 0 Å². The van der Waals surface area contributed by atoms with Crippen LogP contribution in [0.1, 0.15) is 66.1 Å². The highest BCUT2D eigenvalue weighted by molar-refractivity contribution is 6.54. The van der Waals surface area contributed by atoms with Gasteiger partial charge in [-0.15, -0.1) is 5.10 Å². The molecule has 27 heavy (non-hydrogen) atoms. The minimum Gasteiger partial charge on any atom is -0.398 e. The Morgan fingerprint density at radius 3 is 2.41 bits per heavy atom. The summed E-state index contributed by atoms with van der Waals surface area (Å²) in [5, 5.41) is 8.33. The highest BCUT2D eigenvalue weighted by atomic mass is 19.1. The minimum absolute atomic E-state index is 0.322. The molecule has 2 aliphatic heterocycles. The zero-order valence-electron chi connectivity index (χ0n) is 17.4. The molecule has 2 fully saturated rings. The maximum atomic E-state index is 14.6. The van der Waals surface area contributed by atoms with Gasteiger partial charge in [0.1, 0.15) is 11.4 Å². The first kappa shape index (κ1) is 20.5. The molecule has 1 aromatic rings. The van der Waals surface area contributed by atoms with Crippen molar-refractivity contribution < 1.29 is 13.7 Å². The molecule has 0 saturated carbocycles. The predicted octanol–water partition coefficient (Wildman–Crippen LogP) is 3.51. The van der Waals surface area contributed by atoms with Gasteiger partial charge in [-0.1, -0.05) is 19.1 Å². The molecule has 0 radical (unpaired) electrons. The van der Waals surface area contributed by atoms with Crippen molar-refractivity contribution in [2.45, 2.75) is 71.6 Å². The summed E-state index contributed by atoms with van der Waals surface area (Å²) in [6.45, 7) is 15.4. The van der Waals surface area contributed by atoms with E-state index in [2.05, 4.69) is 29.1 Å². The first-order chi connectivity index (χ1) is 12.6. The Hall–Kier alpha value is -1.25. The van der Waals surface area contributed by atoms with Gasteiger partial charge in [0, 0.05) is 19.6 Å². The molecule has 3 heterocycles. The van der Waals surface area contributed by atoms with Gasteiger partial charge in [0.05, 0.1) is 23.4 Å². The number of rotatable bonds is 5. The van der Waals surface area contributed by atoms with Crippen molar-refractivity contribution in [3.05, 3.63) is 17.6 Å². The minimum atomic E-state index is -1.00. The van der Waals surface area contributed by atoms with Crippen molar-refractivity contribution in [2.24, 2.45) is 5.92 Å². The number of piperidine rings is 1. The molecule has 0 N–H and O–H groups in total. The van der Waals surface area contributed by atoms with E-state index in [0.717, 1.165) is 32.5 Å². The topological polar surface area (TPSA) is 52.4 Å². The predicted molar refractivity (Wildman–Crippen MR) is 105 cm³/mol. The Balaban J connectivity index is 1.61. The van der Waals surface area contributed by atoms with Crippen LogP contribution in [0.5, 0.6) is 0 Å². The second-order valence-corrected chi connectivity index (χ2v) is 9.17. The van der Waals surface area contributed by atoms with E-state index in [1.807, 2.05) is 38.6 Å². The Morgan fingerprint density at radius 2 is 1.85 bits per heavy atom. The van der Waals surface area contributed by atoms with Gasteiger partial charge in [-0.05, 0) is 52.5 Å². The summed E-state index contributed by atoms with van der Waals surface area (Å²) in [5.74, 6) is 0.683. The number of nitrogens with zero attached hydrogens (tertiary/aromatic N) is 4. The maximum Gasteiger partial charge on any atom is 0.525 e. The van der Waals surface area contributed by atoms with Crippen LogP contribution in [0.15, 0.2) is 11.9 Å². The molecule has 0 spiro atoms. The Labute approximate surface area is 162 Å². The third kappa shape index (κ3) is 4.61. The molecule has 6 nitrogen and oxygen atoms in total. The van der Waals surface area contributed by atoms with E-state index in [-0.39, 0.29) is 0 Å². The third-order valence-electron chi connectivity index (χ3n) is 5.85. The van der Waals surface area contributed by atoms with Crippen LogP contribution in [0, 0.1) is 5.92 Å². The summed E-state index contributed by atoms with van der Waals surface area (Å²) in [6.07, 6.45) is 5.25. The van der Waals surface area contributed by atoms with Crippen LogP contribution in [-0.4, -0.2) is 57.8 Å². The van der Waals surface area contributed by atoms with Crippen LogP contribution >= 0.6 is 0 Å². The molecule has 0 aliphatic carbocycles. The SMILES string of the molecule is CC(C)CN1CCC(n2cc(C=C(F)B3OC(C)(C)C(C)(C)O3)nn2)CC1. The summed E-state index contributed by atoms with van der Waals surface area (Å²) in [4.78, 5) is 2.50. The number of halogens is 1. The largest absolute Gasteiger partial charge is 0.525 e. The Bertz CT molecular complexity index is 665. The van der Waals surface area contributed by atoms with Crippen LogP contribution in [0.2, 0.25) is 0 Å². The second kappa shape index (κ2) is 7.64. The molecule has 3 rings (SSSR count). The molecular weight excluding hydrogens is 346 g/mol.